The fraction of sp³-hybridized carbons (Fsp3) is 0.391. The number of carbonyl (C=O) groups is 2. The van der Waals surface area contributed by atoms with E-state index in [0.29, 0.717) is 13.0 Å². The maximum absolute atomic E-state index is 13.4. The lowest BCUT2D eigenvalue weighted by Crippen LogP contribution is -2.50. The second-order valence-corrected chi connectivity index (χ2v) is 9.99. The predicted octanol–water partition coefficient (Wildman–Crippen LogP) is 3.30. The molecule has 0 radical (unpaired) electrons. The van der Waals surface area contributed by atoms with E-state index in [4.69, 9.17) is 0 Å². The number of ketones is 1. The molecule has 1 aliphatic rings. The Morgan fingerprint density at radius 1 is 1.10 bits per heavy atom. The smallest absolute Gasteiger partial charge is 0.244 e. The van der Waals surface area contributed by atoms with Crippen LogP contribution in [0, 0.1) is 12.8 Å². The lowest BCUT2D eigenvalue weighted by molar-refractivity contribution is -0.125. The molecule has 0 saturated heterocycles. The summed E-state index contributed by atoms with van der Waals surface area (Å²) in [5, 5.41) is 2.88. The van der Waals surface area contributed by atoms with E-state index in [9.17, 15) is 18.0 Å². The largest absolute Gasteiger partial charge is 0.351 e. The fourth-order valence-electron chi connectivity index (χ4n) is 3.65. The molecule has 0 aromatic heterocycles. The van der Waals surface area contributed by atoms with Crippen LogP contribution in [0.1, 0.15) is 48.2 Å². The molecule has 0 unspecified atom stereocenters. The Bertz CT molecular complexity index is 1030. The fourth-order valence-corrected chi connectivity index (χ4v) is 5.46. The number of sulfonamides is 1. The van der Waals surface area contributed by atoms with Gasteiger partial charge in [0.05, 0.1) is 4.90 Å². The number of nitrogens with one attached hydrogen (secondary N) is 1. The van der Waals surface area contributed by atoms with E-state index in [0.717, 1.165) is 11.1 Å². The molecule has 1 amide bonds. The van der Waals surface area contributed by atoms with Gasteiger partial charge >= 0.3 is 0 Å². The third-order valence-corrected chi connectivity index (χ3v) is 7.23. The van der Waals surface area contributed by atoms with Crippen LogP contribution >= 0.6 is 0 Å². The molecule has 0 aliphatic carbocycles. The number of Topliss-reactive ketones (excluding diaryl/α,β-unsaturated/α-hetero) is 1. The zero-order chi connectivity index (χ0) is 21.9. The Hall–Kier alpha value is -2.51. The first kappa shape index (κ1) is 22.2. The van der Waals surface area contributed by atoms with Crippen LogP contribution in [0.2, 0.25) is 0 Å². The lowest BCUT2D eigenvalue weighted by Gasteiger charge is -2.30. The molecule has 6 nitrogen and oxygen atoms in total. The van der Waals surface area contributed by atoms with Crippen molar-refractivity contribution in [2.24, 2.45) is 5.92 Å². The van der Waals surface area contributed by atoms with Crippen LogP contribution in [-0.4, -0.2) is 37.0 Å². The first-order valence-electron chi connectivity index (χ1n) is 10.2. The summed E-state index contributed by atoms with van der Waals surface area (Å²) in [7, 11) is -3.98. The third kappa shape index (κ3) is 4.79. The van der Waals surface area contributed by atoms with Gasteiger partial charge in [-0.2, -0.15) is 4.31 Å². The van der Waals surface area contributed by atoms with Crippen LogP contribution < -0.4 is 5.32 Å². The van der Waals surface area contributed by atoms with Crippen molar-refractivity contribution in [2.75, 3.05) is 6.54 Å². The van der Waals surface area contributed by atoms with Gasteiger partial charge in [0.1, 0.15) is 6.04 Å². The summed E-state index contributed by atoms with van der Waals surface area (Å²) < 4.78 is 28.0. The van der Waals surface area contributed by atoms with Gasteiger partial charge in [-0.1, -0.05) is 61.9 Å². The average Bonchev–Trinajstić information content (AvgIpc) is 2.80. The van der Waals surface area contributed by atoms with Crippen molar-refractivity contribution in [1.82, 2.24) is 9.62 Å². The van der Waals surface area contributed by atoms with Crippen LogP contribution in [0.5, 0.6) is 0 Å². The SMILES string of the molecule is Cc1ccc(CNC(=O)[C@H](CC(C)C)N2CCC(=O)c3ccccc3S2(=O)=O)cc1. The van der Waals surface area contributed by atoms with Crippen molar-refractivity contribution in [3.05, 3.63) is 65.2 Å². The lowest BCUT2D eigenvalue weighted by atomic mass is 10.0. The molecule has 0 spiro atoms. The van der Waals surface area contributed by atoms with E-state index in [1.54, 1.807) is 12.1 Å². The van der Waals surface area contributed by atoms with Crippen LogP contribution in [0.4, 0.5) is 0 Å². The van der Waals surface area contributed by atoms with Crippen LogP contribution in [0.3, 0.4) is 0 Å². The molecule has 1 aliphatic heterocycles. The molecule has 30 heavy (non-hydrogen) atoms. The second-order valence-electron chi connectivity index (χ2n) is 8.13. The van der Waals surface area contributed by atoms with Gasteiger partial charge in [0.25, 0.3) is 0 Å². The Morgan fingerprint density at radius 2 is 1.77 bits per heavy atom. The van der Waals surface area contributed by atoms with E-state index in [2.05, 4.69) is 5.32 Å². The monoisotopic (exact) mass is 428 g/mol. The number of benzene rings is 2. The molecule has 1 atom stereocenters. The van der Waals surface area contributed by atoms with E-state index < -0.39 is 16.1 Å². The summed E-state index contributed by atoms with van der Waals surface area (Å²) in [6.45, 7) is 6.19. The number of amides is 1. The highest BCUT2D eigenvalue weighted by molar-refractivity contribution is 7.89. The number of hydrogen-bond donors (Lipinski definition) is 1. The van der Waals surface area contributed by atoms with Crippen LogP contribution in [0.15, 0.2) is 53.4 Å². The van der Waals surface area contributed by atoms with Crippen molar-refractivity contribution in [1.29, 1.82) is 0 Å². The van der Waals surface area contributed by atoms with Crippen molar-refractivity contribution in [3.63, 3.8) is 0 Å². The summed E-state index contributed by atoms with van der Waals surface area (Å²) in [6.07, 6.45) is 0.422. The van der Waals surface area contributed by atoms with Crippen molar-refractivity contribution < 1.29 is 18.0 Å². The summed E-state index contributed by atoms with van der Waals surface area (Å²) in [4.78, 5) is 25.6. The van der Waals surface area contributed by atoms with E-state index in [1.165, 1.54) is 16.4 Å². The van der Waals surface area contributed by atoms with Gasteiger partial charge in [0.15, 0.2) is 5.78 Å². The average molecular weight is 429 g/mol. The molecular formula is C23H28N2O4S. The van der Waals surface area contributed by atoms with Gasteiger partial charge < -0.3 is 5.32 Å². The van der Waals surface area contributed by atoms with Gasteiger partial charge in [-0.25, -0.2) is 8.42 Å². The number of aryl methyl sites for hydroxylation is 1. The van der Waals surface area contributed by atoms with Gasteiger partial charge in [0, 0.05) is 25.1 Å². The third-order valence-electron chi connectivity index (χ3n) is 5.27. The summed E-state index contributed by atoms with van der Waals surface area (Å²) in [5.41, 5.74) is 2.27. The highest BCUT2D eigenvalue weighted by Gasteiger charge is 2.40. The highest BCUT2D eigenvalue weighted by Crippen LogP contribution is 2.29. The molecule has 1 heterocycles. The van der Waals surface area contributed by atoms with Crippen LogP contribution in [-0.2, 0) is 21.4 Å². The normalized spacial score (nSPS) is 17.3. The standard InChI is InChI=1S/C23H28N2O4S/c1-16(2)14-20(23(27)24-15-18-10-8-17(3)9-11-18)25-13-12-21(26)19-6-4-5-7-22(19)30(25,28)29/h4-11,16,20H,12-15H2,1-3H3,(H,24,27)/t20-/m0/s1. The molecule has 2 aromatic rings. The minimum atomic E-state index is -3.98. The molecule has 0 saturated carbocycles. The van der Waals surface area contributed by atoms with Gasteiger partial charge in [0.2, 0.25) is 15.9 Å². The van der Waals surface area contributed by atoms with Gasteiger partial charge in [-0.15, -0.1) is 0 Å². The minimum Gasteiger partial charge on any atom is -0.351 e. The topological polar surface area (TPSA) is 83.6 Å². The Morgan fingerprint density at radius 3 is 2.43 bits per heavy atom. The molecule has 2 aromatic carbocycles. The number of nitrogens with zero attached hydrogens (tertiary/aromatic N) is 1. The van der Waals surface area contributed by atoms with Gasteiger partial charge in [-0.05, 0) is 30.9 Å². The van der Waals surface area contributed by atoms with Crippen molar-refractivity contribution >= 4 is 21.7 Å². The quantitative estimate of drug-likeness (QED) is 0.765. The highest BCUT2D eigenvalue weighted by atomic mass is 32.2. The molecular weight excluding hydrogens is 400 g/mol. The number of fused-ring (bicyclic) bond motifs is 1. The zero-order valence-corrected chi connectivity index (χ0v) is 18.4. The summed E-state index contributed by atoms with van der Waals surface area (Å²) >= 11 is 0. The van der Waals surface area contributed by atoms with Crippen LogP contribution in [0.25, 0.3) is 0 Å². The van der Waals surface area contributed by atoms with Gasteiger partial charge in [-0.3, -0.25) is 9.59 Å². The molecule has 0 bridgehead atoms. The minimum absolute atomic E-state index is 0.00875. The Labute approximate surface area is 178 Å². The summed E-state index contributed by atoms with van der Waals surface area (Å²) in [6, 6.07) is 13.2. The number of carbonyl (C=O) groups excluding carboxylic acids is 2. The Balaban J connectivity index is 1.89. The van der Waals surface area contributed by atoms with E-state index >= 15 is 0 Å². The molecule has 3 rings (SSSR count). The van der Waals surface area contributed by atoms with E-state index in [1.807, 2.05) is 45.0 Å². The summed E-state index contributed by atoms with van der Waals surface area (Å²) in [5.74, 6) is -0.468. The maximum atomic E-state index is 13.4. The zero-order valence-electron chi connectivity index (χ0n) is 17.6. The molecule has 160 valence electrons. The first-order valence-corrected chi connectivity index (χ1v) is 11.6. The predicted molar refractivity (Wildman–Crippen MR) is 116 cm³/mol. The number of rotatable bonds is 6. The second kappa shape index (κ2) is 9.10. The number of hydrogen-bond acceptors (Lipinski definition) is 4. The molecule has 7 heteroatoms. The first-order chi connectivity index (χ1) is 14.2. The van der Waals surface area contributed by atoms with Crippen molar-refractivity contribution in [2.45, 2.75) is 51.1 Å². The Kier molecular flexibility index (Phi) is 6.73. The maximum Gasteiger partial charge on any atom is 0.244 e. The van der Waals surface area contributed by atoms with Crippen molar-refractivity contribution in [3.8, 4) is 0 Å². The molecule has 0 fully saturated rings. The van der Waals surface area contributed by atoms with E-state index in [-0.39, 0.29) is 41.0 Å². The molecule has 1 N–H and O–H groups in total.